The normalized spacial score (nSPS) is 19.3. The summed E-state index contributed by atoms with van der Waals surface area (Å²) in [4.78, 5) is 40.6. The second kappa shape index (κ2) is 17.7. The zero-order chi connectivity index (χ0) is 37.2. The van der Waals surface area contributed by atoms with Crippen LogP contribution in [0.3, 0.4) is 0 Å². The molecule has 0 unspecified atom stereocenters. The lowest BCUT2D eigenvalue weighted by Crippen LogP contribution is -2.63. The van der Waals surface area contributed by atoms with E-state index in [0.717, 1.165) is 21.2 Å². The zero-order valence-corrected chi connectivity index (χ0v) is 30.0. The van der Waals surface area contributed by atoms with Crippen molar-refractivity contribution in [1.82, 2.24) is 0 Å². The van der Waals surface area contributed by atoms with Crippen molar-refractivity contribution in [1.29, 1.82) is 0 Å². The van der Waals surface area contributed by atoms with Crippen molar-refractivity contribution in [2.24, 2.45) is 0 Å². The fourth-order valence-electron chi connectivity index (χ4n) is 5.87. The molecule has 13 heteroatoms. The number of nitrogens with one attached hydrogen (secondary N) is 3. The number of aliphatic hydroxyl groups is 1. The van der Waals surface area contributed by atoms with Crippen molar-refractivity contribution in [3.05, 3.63) is 138 Å². The number of amides is 3. The number of carbonyl (C=O) groups excluding carboxylic acids is 3. The lowest BCUT2D eigenvalue weighted by atomic mass is 9.98. The average Bonchev–Trinajstić information content (AvgIpc) is 3.18. The number of benzene rings is 5. The quantitative estimate of drug-likeness (QED) is 0.103. The van der Waals surface area contributed by atoms with Gasteiger partial charge >= 0.3 is 18.3 Å². The maximum Gasteiger partial charge on any atom is 0.412 e. The Morgan fingerprint density at radius 3 is 1.57 bits per heavy atom. The summed E-state index contributed by atoms with van der Waals surface area (Å²) in [6.45, 7) is -0.669. The van der Waals surface area contributed by atoms with Crippen molar-refractivity contribution in [2.45, 2.75) is 30.7 Å². The van der Waals surface area contributed by atoms with Gasteiger partial charge in [0, 0.05) is 28.4 Å². The van der Waals surface area contributed by atoms with Crippen molar-refractivity contribution >= 4 is 51.3 Å². The maximum absolute atomic E-state index is 13.7. The number of ether oxygens (including phenoxy) is 5. The Morgan fingerprint density at radius 2 is 1.06 bits per heavy atom. The Balaban J connectivity index is 1.29. The minimum absolute atomic E-state index is 0.405. The minimum atomic E-state index is -1.54. The van der Waals surface area contributed by atoms with Crippen LogP contribution in [0.4, 0.5) is 31.4 Å². The van der Waals surface area contributed by atoms with E-state index in [2.05, 4.69) is 31.9 Å². The summed E-state index contributed by atoms with van der Waals surface area (Å²) in [5.41, 5.74) is 4.41. The molecule has 1 aliphatic heterocycles. The number of carbonyl (C=O) groups is 3. The molecule has 5 atom stereocenters. The molecule has 6 rings (SSSR count). The van der Waals surface area contributed by atoms with Gasteiger partial charge in [0.2, 0.25) is 0 Å². The first kappa shape index (κ1) is 37.0. The first-order valence-corrected chi connectivity index (χ1v) is 17.4. The molecular formula is C40H36BrN3O9. The van der Waals surface area contributed by atoms with Crippen molar-refractivity contribution < 1.29 is 43.2 Å². The highest BCUT2D eigenvalue weighted by Gasteiger charge is 2.53. The largest absolute Gasteiger partial charge is 0.439 e. The second-order valence-electron chi connectivity index (χ2n) is 11.8. The summed E-state index contributed by atoms with van der Waals surface area (Å²) in [6.07, 6.45) is -9.97. The standard InChI is InChI=1S/C40H36BrN3O9/c1-49-37-36(53-40(48)44-32-19-11-9-17-30(32)26-14-6-3-7-15-26)35(34(33(24-45)50-37)51-38(46)42-28-22-20-27(41)21-23-28)52-39(47)43-31-18-10-8-16-29(31)25-12-4-2-5-13-25/h2-23,33-37,45H,24H2,1H3,(H,42,46)(H,43,47)(H,44,48)/t33-,34-,35+,36+,37+/m1/s1. The van der Waals surface area contributed by atoms with Gasteiger partial charge in [-0.3, -0.25) is 16.0 Å². The molecule has 0 spiro atoms. The SMILES string of the molecule is CO[C@H]1O[C@H](CO)[C@@H](OC(=O)Nc2ccc(Br)cc2)[C@H](OC(=O)Nc2ccccc2-c2ccccc2)[C@@H]1OC(=O)Nc1ccccc1-c1ccccc1. The molecule has 1 heterocycles. The molecule has 0 radical (unpaired) electrons. The second-order valence-corrected chi connectivity index (χ2v) is 12.7. The molecular weight excluding hydrogens is 746 g/mol. The van der Waals surface area contributed by atoms with Gasteiger partial charge in [0.1, 0.15) is 6.10 Å². The van der Waals surface area contributed by atoms with Gasteiger partial charge in [-0.25, -0.2) is 14.4 Å². The molecule has 5 aromatic rings. The number of para-hydroxylation sites is 2. The Kier molecular flexibility index (Phi) is 12.3. The summed E-state index contributed by atoms with van der Waals surface area (Å²) in [5, 5.41) is 18.5. The van der Waals surface area contributed by atoms with Crippen LogP contribution in [-0.4, -0.2) is 67.8 Å². The van der Waals surface area contributed by atoms with E-state index in [-0.39, 0.29) is 0 Å². The minimum Gasteiger partial charge on any atom is -0.439 e. The Bertz CT molecular complexity index is 2000. The summed E-state index contributed by atoms with van der Waals surface area (Å²) < 4.78 is 29.9. The van der Waals surface area contributed by atoms with Crippen LogP contribution in [0, 0.1) is 0 Å². The van der Waals surface area contributed by atoms with E-state index in [1.165, 1.54) is 7.11 Å². The van der Waals surface area contributed by atoms with Crippen LogP contribution >= 0.6 is 15.9 Å². The number of rotatable bonds is 10. The summed E-state index contributed by atoms with van der Waals surface area (Å²) in [6, 6.07) is 39.9. The lowest BCUT2D eigenvalue weighted by Gasteiger charge is -2.43. The monoisotopic (exact) mass is 781 g/mol. The first-order chi connectivity index (χ1) is 25.8. The lowest BCUT2D eigenvalue weighted by molar-refractivity contribution is -0.290. The maximum atomic E-state index is 13.7. The number of hydrogen-bond acceptors (Lipinski definition) is 9. The fourth-order valence-corrected chi connectivity index (χ4v) is 6.13. The number of methoxy groups -OCH3 is 1. The van der Waals surface area contributed by atoms with Crippen LogP contribution in [0.2, 0.25) is 0 Å². The van der Waals surface area contributed by atoms with Gasteiger partial charge in [0.15, 0.2) is 24.6 Å². The number of anilines is 3. The Morgan fingerprint density at radius 1 is 0.604 bits per heavy atom. The van der Waals surface area contributed by atoms with Crippen LogP contribution in [0.1, 0.15) is 0 Å². The van der Waals surface area contributed by atoms with Gasteiger partial charge in [-0.2, -0.15) is 0 Å². The third kappa shape index (κ3) is 9.39. The molecule has 5 aromatic carbocycles. The van der Waals surface area contributed by atoms with Crippen molar-refractivity contribution in [3.63, 3.8) is 0 Å². The van der Waals surface area contributed by atoms with Crippen molar-refractivity contribution in [3.8, 4) is 22.3 Å². The fraction of sp³-hybridized carbons (Fsp3) is 0.175. The third-order valence-electron chi connectivity index (χ3n) is 8.32. The number of hydrogen-bond donors (Lipinski definition) is 4. The predicted octanol–water partition coefficient (Wildman–Crippen LogP) is 8.30. The smallest absolute Gasteiger partial charge is 0.412 e. The molecule has 272 valence electrons. The van der Waals surface area contributed by atoms with E-state index in [1.54, 1.807) is 48.5 Å². The van der Waals surface area contributed by atoms with Crippen LogP contribution in [-0.2, 0) is 23.7 Å². The number of halogens is 1. The zero-order valence-electron chi connectivity index (χ0n) is 28.4. The molecule has 53 heavy (non-hydrogen) atoms. The van der Waals surface area contributed by atoms with Gasteiger partial charge in [0.05, 0.1) is 18.0 Å². The predicted molar refractivity (Wildman–Crippen MR) is 202 cm³/mol. The highest BCUT2D eigenvalue weighted by Crippen LogP contribution is 2.33. The Hall–Kier alpha value is -5.73. The van der Waals surface area contributed by atoms with Crippen LogP contribution in [0.15, 0.2) is 138 Å². The number of aliphatic hydroxyl groups excluding tert-OH is 1. The summed E-state index contributed by atoms with van der Waals surface area (Å²) in [7, 11) is 1.30. The van der Waals surface area contributed by atoms with Crippen molar-refractivity contribution in [2.75, 3.05) is 29.7 Å². The molecule has 0 aromatic heterocycles. The molecule has 1 saturated heterocycles. The highest BCUT2D eigenvalue weighted by atomic mass is 79.9. The van der Waals surface area contributed by atoms with E-state index in [1.807, 2.05) is 84.9 Å². The molecule has 1 fully saturated rings. The first-order valence-electron chi connectivity index (χ1n) is 16.6. The van der Waals surface area contributed by atoms with E-state index in [9.17, 15) is 19.5 Å². The van der Waals surface area contributed by atoms with Crippen LogP contribution < -0.4 is 16.0 Å². The Labute approximate surface area is 314 Å². The van der Waals surface area contributed by atoms with Crippen LogP contribution in [0.25, 0.3) is 22.3 Å². The van der Waals surface area contributed by atoms with Gasteiger partial charge in [0.25, 0.3) is 0 Å². The highest BCUT2D eigenvalue weighted by molar-refractivity contribution is 9.10. The van der Waals surface area contributed by atoms with E-state index in [4.69, 9.17) is 23.7 Å². The van der Waals surface area contributed by atoms with Gasteiger partial charge in [-0.05, 0) is 47.5 Å². The van der Waals surface area contributed by atoms with Gasteiger partial charge < -0.3 is 28.8 Å². The molecule has 3 amide bonds. The van der Waals surface area contributed by atoms with Gasteiger partial charge in [-0.15, -0.1) is 0 Å². The third-order valence-corrected chi connectivity index (χ3v) is 8.85. The molecule has 0 bridgehead atoms. The molecule has 4 N–H and O–H groups in total. The van der Waals surface area contributed by atoms with E-state index in [0.29, 0.717) is 22.6 Å². The van der Waals surface area contributed by atoms with E-state index < -0.39 is 55.6 Å². The topological polar surface area (TPSA) is 154 Å². The molecule has 1 aliphatic rings. The van der Waals surface area contributed by atoms with E-state index >= 15 is 0 Å². The summed E-state index contributed by atoms with van der Waals surface area (Å²) >= 11 is 3.35. The summed E-state index contributed by atoms with van der Waals surface area (Å²) in [5.74, 6) is 0. The molecule has 0 aliphatic carbocycles. The molecule has 0 saturated carbocycles. The van der Waals surface area contributed by atoms with Gasteiger partial charge in [-0.1, -0.05) is 113 Å². The van der Waals surface area contributed by atoms with Crippen LogP contribution in [0.5, 0.6) is 0 Å². The average molecular weight is 783 g/mol. The molecule has 12 nitrogen and oxygen atoms in total.